The molecule has 1 aliphatic rings. The molecular weight excluding hydrogens is 116 g/mol. The lowest BCUT2D eigenvalue weighted by Gasteiger charge is -1.98. The number of hydrogen-bond donors (Lipinski definition) is 1. The molecule has 1 rings (SSSR count). The molecule has 0 aliphatic carbocycles. The van der Waals surface area contributed by atoms with Crippen molar-refractivity contribution in [2.24, 2.45) is 10.7 Å². The lowest BCUT2D eigenvalue weighted by Crippen LogP contribution is -2.10. The fourth-order valence-corrected chi connectivity index (χ4v) is 0.917. The Bertz CT molecular complexity index is 122. The smallest absolute Gasteiger partial charge is 0.282 e. The molecule has 52 valence electrons. The van der Waals surface area contributed by atoms with Crippen LogP contribution in [0.15, 0.2) is 4.99 Å². The zero-order valence-electron chi connectivity index (χ0n) is 5.63. The zero-order chi connectivity index (χ0) is 6.69. The van der Waals surface area contributed by atoms with Crippen LogP contribution in [0.4, 0.5) is 0 Å². The number of nitrogens with zero attached hydrogens (tertiary/aromatic N) is 1. The second-order valence-electron chi connectivity index (χ2n) is 2.22. The van der Waals surface area contributed by atoms with Crippen molar-refractivity contribution in [3.63, 3.8) is 0 Å². The molecule has 0 fully saturated rings. The quantitative estimate of drug-likeness (QED) is 0.588. The molecule has 0 aromatic rings. The molecule has 0 aromatic heterocycles. The minimum absolute atomic E-state index is 0.329. The summed E-state index contributed by atoms with van der Waals surface area (Å²) in [6.07, 6.45) is 2.23. The van der Waals surface area contributed by atoms with Gasteiger partial charge in [-0.1, -0.05) is 13.3 Å². The van der Waals surface area contributed by atoms with Crippen molar-refractivity contribution < 1.29 is 4.74 Å². The first kappa shape index (κ1) is 6.39. The molecule has 0 unspecified atom stereocenters. The summed E-state index contributed by atoms with van der Waals surface area (Å²) in [7, 11) is 0. The monoisotopic (exact) mass is 128 g/mol. The summed E-state index contributed by atoms with van der Waals surface area (Å²) in [6.45, 7) is 2.81. The number of amidine groups is 1. The third-order valence-electron chi connectivity index (χ3n) is 1.36. The Balaban J connectivity index is 2.29. The van der Waals surface area contributed by atoms with Crippen LogP contribution in [0.25, 0.3) is 0 Å². The third kappa shape index (κ3) is 1.59. The van der Waals surface area contributed by atoms with E-state index in [9.17, 15) is 0 Å². The second kappa shape index (κ2) is 2.71. The van der Waals surface area contributed by atoms with E-state index in [0.717, 1.165) is 12.8 Å². The van der Waals surface area contributed by atoms with Gasteiger partial charge in [0, 0.05) is 0 Å². The largest absolute Gasteiger partial charge is 0.463 e. The second-order valence-corrected chi connectivity index (χ2v) is 2.22. The molecule has 3 heteroatoms. The van der Waals surface area contributed by atoms with Crippen molar-refractivity contribution in [2.75, 3.05) is 6.61 Å². The van der Waals surface area contributed by atoms with Crippen molar-refractivity contribution in [3.05, 3.63) is 0 Å². The first-order valence-corrected chi connectivity index (χ1v) is 3.29. The molecule has 1 aliphatic heterocycles. The maximum absolute atomic E-state index is 5.28. The summed E-state index contributed by atoms with van der Waals surface area (Å²) in [4.78, 5) is 4.05. The van der Waals surface area contributed by atoms with Crippen molar-refractivity contribution in [1.82, 2.24) is 0 Å². The maximum atomic E-state index is 5.28. The van der Waals surface area contributed by atoms with Crippen LogP contribution >= 0.6 is 0 Å². The van der Waals surface area contributed by atoms with Crippen LogP contribution in [-0.4, -0.2) is 18.7 Å². The van der Waals surface area contributed by atoms with E-state index in [-0.39, 0.29) is 0 Å². The molecule has 1 heterocycles. The van der Waals surface area contributed by atoms with Crippen LogP contribution in [-0.2, 0) is 4.74 Å². The molecule has 0 saturated heterocycles. The average molecular weight is 128 g/mol. The van der Waals surface area contributed by atoms with Gasteiger partial charge in [0.1, 0.15) is 6.61 Å². The number of hydrogen-bond acceptors (Lipinski definition) is 3. The fourth-order valence-electron chi connectivity index (χ4n) is 0.917. The average Bonchev–Trinajstić information content (AvgIpc) is 2.17. The summed E-state index contributed by atoms with van der Waals surface area (Å²) in [6, 6.07) is 0.684. The Morgan fingerprint density at radius 1 is 1.89 bits per heavy atom. The van der Waals surface area contributed by atoms with Crippen molar-refractivity contribution in [3.8, 4) is 0 Å². The normalized spacial score (nSPS) is 25.4. The molecular formula is C6H12N2O. The highest BCUT2D eigenvalue weighted by Gasteiger charge is 2.14. The van der Waals surface area contributed by atoms with Gasteiger partial charge in [0.25, 0.3) is 6.02 Å². The SMILES string of the molecule is CCC[C@@H]1COC(N)=N1. The van der Waals surface area contributed by atoms with Crippen molar-refractivity contribution in [1.29, 1.82) is 0 Å². The van der Waals surface area contributed by atoms with Gasteiger partial charge in [-0.3, -0.25) is 0 Å². The van der Waals surface area contributed by atoms with Crippen LogP contribution in [0.3, 0.4) is 0 Å². The topological polar surface area (TPSA) is 47.6 Å². The molecule has 3 nitrogen and oxygen atoms in total. The van der Waals surface area contributed by atoms with E-state index < -0.39 is 0 Å². The van der Waals surface area contributed by atoms with E-state index in [1.165, 1.54) is 0 Å². The highest BCUT2D eigenvalue weighted by molar-refractivity contribution is 5.72. The number of nitrogens with two attached hydrogens (primary N) is 1. The molecule has 0 saturated carbocycles. The first-order valence-electron chi connectivity index (χ1n) is 3.29. The minimum Gasteiger partial charge on any atom is -0.463 e. The fraction of sp³-hybridized carbons (Fsp3) is 0.833. The van der Waals surface area contributed by atoms with E-state index in [1.807, 2.05) is 0 Å². The molecule has 0 aromatic carbocycles. The molecule has 0 spiro atoms. The van der Waals surface area contributed by atoms with Gasteiger partial charge >= 0.3 is 0 Å². The summed E-state index contributed by atoms with van der Waals surface area (Å²) in [5, 5.41) is 0. The highest BCUT2D eigenvalue weighted by Crippen LogP contribution is 2.07. The Morgan fingerprint density at radius 3 is 3.11 bits per heavy atom. The van der Waals surface area contributed by atoms with Gasteiger partial charge in [-0.25, -0.2) is 4.99 Å². The van der Waals surface area contributed by atoms with Crippen LogP contribution in [0.5, 0.6) is 0 Å². The Labute approximate surface area is 54.9 Å². The number of aliphatic imine (C=N–C) groups is 1. The Hall–Kier alpha value is -0.730. The number of rotatable bonds is 2. The Kier molecular flexibility index (Phi) is 1.92. The highest BCUT2D eigenvalue weighted by atomic mass is 16.5. The van der Waals surface area contributed by atoms with Gasteiger partial charge < -0.3 is 10.5 Å². The molecule has 0 bridgehead atoms. The first-order chi connectivity index (χ1) is 4.33. The molecule has 9 heavy (non-hydrogen) atoms. The van der Waals surface area contributed by atoms with E-state index in [0.29, 0.717) is 18.7 Å². The van der Waals surface area contributed by atoms with E-state index in [1.54, 1.807) is 0 Å². The minimum atomic E-state index is 0.329. The van der Waals surface area contributed by atoms with Gasteiger partial charge in [0.2, 0.25) is 0 Å². The summed E-state index contributed by atoms with van der Waals surface area (Å²) < 4.78 is 4.95. The lowest BCUT2D eigenvalue weighted by molar-refractivity contribution is 0.307. The van der Waals surface area contributed by atoms with Crippen LogP contribution in [0, 0.1) is 0 Å². The third-order valence-corrected chi connectivity index (χ3v) is 1.36. The molecule has 0 radical (unpaired) electrons. The van der Waals surface area contributed by atoms with Gasteiger partial charge in [-0.2, -0.15) is 0 Å². The molecule has 0 amide bonds. The van der Waals surface area contributed by atoms with Crippen LogP contribution in [0.1, 0.15) is 19.8 Å². The standard InChI is InChI=1S/C6H12N2O/c1-2-3-5-4-9-6(7)8-5/h5H,2-4H2,1H3,(H2,7,8)/t5-/m1/s1. The van der Waals surface area contributed by atoms with Gasteiger partial charge in [-0.15, -0.1) is 0 Å². The van der Waals surface area contributed by atoms with Gasteiger partial charge in [-0.05, 0) is 6.42 Å². The predicted octanol–water partition coefficient (Wildman–Crippen LogP) is 0.500. The van der Waals surface area contributed by atoms with Crippen LogP contribution < -0.4 is 5.73 Å². The van der Waals surface area contributed by atoms with Gasteiger partial charge in [0.05, 0.1) is 6.04 Å². The predicted molar refractivity (Wildman–Crippen MR) is 36.3 cm³/mol. The zero-order valence-corrected chi connectivity index (χ0v) is 5.63. The van der Waals surface area contributed by atoms with Gasteiger partial charge in [0.15, 0.2) is 0 Å². The lowest BCUT2D eigenvalue weighted by atomic mass is 10.2. The van der Waals surface area contributed by atoms with E-state index >= 15 is 0 Å². The molecule has 2 N–H and O–H groups in total. The molecule has 1 atom stereocenters. The van der Waals surface area contributed by atoms with Crippen molar-refractivity contribution >= 4 is 6.02 Å². The van der Waals surface area contributed by atoms with E-state index in [4.69, 9.17) is 10.5 Å². The summed E-state index contributed by atoms with van der Waals surface area (Å²) >= 11 is 0. The summed E-state index contributed by atoms with van der Waals surface area (Å²) in [5.74, 6) is 0. The Morgan fingerprint density at radius 2 is 2.67 bits per heavy atom. The number of ether oxygens (including phenoxy) is 1. The van der Waals surface area contributed by atoms with E-state index in [2.05, 4.69) is 11.9 Å². The maximum Gasteiger partial charge on any atom is 0.282 e. The summed E-state index contributed by atoms with van der Waals surface area (Å²) in [5.41, 5.74) is 5.28. The van der Waals surface area contributed by atoms with Crippen LogP contribution in [0.2, 0.25) is 0 Å². The van der Waals surface area contributed by atoms with Crippen molar-refractivity contribution in [2.45, 2.75) is 25.8 Å².